The molecular formula is C13H10ClN3S. The van der Waals surface area contributed by atoms with Gasteiger partial charge >= 0.3 is 0 Å². The molecule has 3 nitrogen and oxygen atoms in total. The lowest BCUT2D eigenvalue weighted by Gasteiger charge is -1.96. The summed E-state index contributed by atoms with van der Waals surface area (Å²) in [5, 5.41) is 2.15. The van der Waals surface area contributed by atoms with Gasteiger partial charge in [0.2, 0.25) is 0 Å². The summed E-state index contributed by atoms with van der Waals surface area (Å²) in [6, 6.07) is 11.7. The van der Waals surface area contributed by atoms with E-state index in [9.17, 15) is 0 Å². The van der Waals surface area contributed by atoms with Gasteiger partial charge in [-0.25, -0.2) is 9.97 Å². The minimum absolute atomic E-state index is 0.493. The van der Waals surface area contributed by atoms with Crippen LogP contribution in [-0.4, -0.2) is 15.0 Å². The Hall–Kier alpha value is -1.52. The Balaban J connectivity index is 1.95. The number of rotatable bonds is 2. The number of aromatic amines is 1. The highest BCUT2D eigenvalue weighted by Gasteiger charge is 2.05. The summed E-state index contributed by atoms with van der Waals surface area (Å²) in [4.78, 5) is 12.0. The van der Waals surface area contributed by atoms with Gasteiger partial charge in [-0.05, 0) is 48.5 Å². The highest BCUT2D eigenvalue weighted by atomic mass is 35.5. The minimum Gasteiger partial charge on any atom is -0.333 e. The van der Waals surface area contributed by atoms with E-state index in [1.54, 1.807) is 6.07 Å². The van der Waals surface area contributed by atoms with Crippen LogP contribution in [0, 0.1) is 6.92 Å². The van der Waals surface area contributed by atoms with Gasteiger partial charge < -0.3 is 4.98 Å². The maximum Gasteiger partial charge on any atom is 0.172 e. The largest absolute Gasteiger partial charge is 0.333 e. The second-order valence-corrected chi connectivity index (χ2v) is 5.36. The molecule has 1 N–H and O–H groups in total. The predicted octanol–water partition coefficient (Wildman–Crippen LogP) is 4.07. The fourth-order valence-electron chi connectivity index (χ4n) is 1.69. The zero-order valence-electron chi connectivity index (χ0n) is 9.64. The molecule has 0 aliphatic heterocycles. The van der Waals surface area contributed by atoms with Crippen molar-refractivity contribution in [3.05, 3.63) is 47.1 Å². The number of nitrogens with one attached hydrogen (secondary N) is 1. The molecule has 1 aromatic carbocycles. The van der Waals surface area contributed by atoms with Gasteiger partial charge in [0.25, 0.3) is 0 Å². The van der Waals surface area contributed by atoms with Crippen molar-refractivity contribution in [1.29, 1.82) is 0 Å². The van der Waals surface area contributed by atoms with Crippen molar-refractivity contribution in [3.8, 4) is 0 Å². The van der Waals surface area contributed by atoms with Crippen LogP contribution < -0.4 is 0 Å². The SMILES string of the molecule is Cc1ccc2nc(Sc3cccc(Cl)n3)[nH]c2c1. The molecular weight excluding hydrogens is 266 g/mol. The molecule has 0 saturated carbocycles. The lowest BCUT2D eigenvalue weighted by Crippen LogP contribution is -1.81. The van der Waals surface area contributed by atoms with E-state index in [0.29, 0.717) is 5.15 Å². The lowest BCUT2D eigenvalue weighted by atomic mass is 10.2. The third-order valence-electron chi connectivity index (χ3n) is 2.51. The number of pyridine rings is 1. The van der Waals surface area contributed by atoms with Crippen LogP contribution in [-0.2, 0) is 0 Å². The van der Waals surface area contributed by atoms with Crippen molar-refractivity contribution in [3.63, 3.8) is 0 Å². The maximum absolute atomic E-state index is 5.86. The first-order chi connectivity index (χ1) is 8.70. The number of halogens is 1. The Morgan fingerprint density at radius 1 is 1.17 bits per heavy atom. The van der Waals surface area contributed by atoms with E-state index in [-0.39, 0.29) is 0 Å². The lowest BCUT2D eigenvalue weighted by molar-refractivity contribution is 1.06. The van der Waals surface area contributed by atoms with Crippen LogP contribution in [0.5, 0.6) is 0 Å². The molecule has 3 aromatic rings. The summed E-state index contributed by atoms with van der Waals surface area (Å²) >= 11 is 7.33. The van der Waals surface area contributed by atoms with Gasteiger partial charge in [0.1, 0.15) is 10.2 Å². The van der Waals surface area contributed by atoms with E-state index in [2.05, 4.69) is 34.0 Å². The second-order valence-electron chi connectivity index (χ2n) is 3.96. The average molecular weight is 276 g/mol. The van der Waals surface area contributed by atoms with Crippen LogP contribution in [0.1, 0.15) is 5.56 Å². The van der Waals surface area contributed by atoms with Crippen LogP contribution in [0.25, 0.3) is 11.0 Å². The first-order valence-corrected chi connectivity index (χ1v) is 6.67. The third kappa shape index (κ3) is 2.35. The highest BCUT2D eigenvalue weighted by Crippen LogP contribution is 2.26. The summed E-state index contributed by atoms with van der Waals surface area (Å²) in [5.41, 5.74) is 3.22. The van der Waals surface area contributed by atoms with Crippen LogP contribution in [0.2, 0.25) is 5.15 Å². The van der Waals surface area contributed by atoms with E-state index >= 15 is 0 Å². The fourth-order valence-corrected chi connectivity index (χ4v) is 2.70. The molecule has 2 aromatic heterocycles. The molecule has 0 saturated heterocycles. The number of aromatic nitrogens is 3. The van der Waals surface area contributed by atoms with E-state index < -0.39 is 0 Å². The second kappa shape index (κ2) is 4.63. The smallest absolute Gasteiger partial charge is 0.172 e. The summed E-state index contributed by atoms with van der Waals surface area (Å²) in [5.74, 6) is 0. The number of hydrogen-bond acceptors (Lipinski definition) is 3. The third-order valence-corrected chi connectivity index (χ3v) is 3.54. The topological polar surface area (TPSA) is 41.6 Å². The van der Waals surface area contributed by atoms with Gasteiger partial charge in [-0.3, -0.25) is 0 Å². The molecule has 0 bridgehead atoms. The van der Waals surface area contributed by atoms with Crippen LogP contribution in [0.15, 0.2) is 46.6 Å². The number of aryl methyl sites for hydroxylation is 1. The number of nitrogens with zero attached hydrogens (tertiary/aromatic N) is 2. The van der Waals surface area contributed by atoms with Crippen molar-refractivity contribution in [2.45, 2.75) is 17.1 Å². The average Bonchev–Trinajstić information content (AvgIpc) is 2.70. The van der Waals surface area contributed by atoms with Crippen molar-refractivity contribution in [2.75, 3.05) is 0 Å². The van der Waals surface area contributed by atoms with Gasteiger partial charge in [-0.2, -0.15) is 0 Å². The van der Waals surface area contributed by atoms with Gasteiger partial charge in [-0.15, -0.1) is 0 Å². The molecule has 0 atom stereocenters. The number of imidazole rings is 1. The molecule has 18 heavy (non-hydrogen) atoms. The molecule has 0 aliphatic rings. The normalized spacial score (nSPS) is 11.0. The first-order valence-electron chi connectivity index (χ1n) is 5.47. The Labute approximate surface area is 114 Å². The van der Waals surface area contributed by atoms with E-state index in [1.807, 2.05) is 18.2 Å². The van der Waals surface area contributed by atoms with Gasteiger partial charge in [0.15, 0.2) is 5.16 Å². The van der Waals surface area contributed by atoms with E-state index in [1.165, 1.54) is 17.3 Å². The quantitative estimate of drug-likeness (QED) is 0.717. The zero-order chi connectivity index (χ0) is 12.5. The zero-order valence-corrected chi connectivity index (χ0v) is 11.2. The highest BCUT2D eigenvalue weighted by molar-refractivity contribution is 7.99. The maximum atomic E-state index is 5.86. The molecule has 0 radical (unpaired) electrons. The Kier molecular flexibility index (Phi) is 2.97. The standard InChI is InChI=1S/C13H10ClN3S/c1-8-5-6-9-10(7-8)16-13(15-9)18-12-4-2-3-11(14)17-12/h2-7H,1H3,(H,15,16). The Morgan fingerprint density at radius 2 is 2.06 bits per heavy atom. The summed E-state index contributed by atoms with van der Waals surface area (Å²) in [6.45, 7) is 2.06. The van der Waals surface area contributed by atoms with Crippen molar-refractivity contribution >= 4 is 34.4 Å². The van der Waals surface area contributed by atoms with Crippen LogP contribution >= 0.6 is 23.4 Å². The summed E-state index contributed by atoms with van der Waals surface area (Å²) in [6.07, 6.45) is 0. The number of H-pyrrole nitrogens is 1. The van der Waals surface area contributed by atoms with E-state index in [4.69, 9.17) is 11.6 Å². The molecule has 0 spiro atoms. The van der Waals surface area contributed by atoms with Crippen molar-refractivity contribution in [2.24, 2.45) is 0 Å². The van der Waals surface area contributed by atoms with Crippen molar-refractivity contribution in [1.82, 2.24) is 15.0 Å². The van der Waals surface area contributed by atoms with Gasteiger partial charge in [0.05, 0.1) is 11.0 Å². The summed E-state index contributed by atoms with van der Waals surface area (Å²) in [7, 11) is 0. The molecule has 2 heterocycles. The van der Waals surface area contributed by atoms with Gasteiger partial charge in [0, 0.05) is 0 Å². The predicted molar refractivity (Wildman–Crippen MR) is 74.2 cm³/mol. The van der Waals surface area contributed by atoms with Crippen LogP contribution in [0.3, 0.4) is 0 Å². The molecule has 90 valence electrons. The fraction of sp³-hybridized carbons (Fsp3) is 0.0769. The number of fused-ring (bicyclic) bond motifs is 1. The Bertz CT molecular complexity index is 708. The number of benzene rings is 1. The van der Waals surface area contributed by atoms with E-state index in [0.717, 1.165) is 21.2 Å². The monoisotopic (exact) mass is 275 g/mol. The first kappa shape index (κ1) is 11.6. The molecule has 0 amide bonds. The molecule has 0 aliphatic carbocycles. The van der Waals surface area contributed by atoms with Crippen LogP contribution in [0.4, 0.5) is 0 Å². The Morgan fingerprint density at radius 3 is 2.89 bits per heavy atom. The molecule has 0 fully saturated rings. The van der Waals surface area contributed by atoms with Crippen molar-refractivity contribution < 1.29 is 0 Å². The molecule has 5 heteroatoms. The van der Waals surface area contributed by atoms with Gasteiger partial charge in [-0.1, -0.05) is 23.7 Å². The minimum atomic E-state index is 0.493. The number of hydrogen-bond donors (Lipinski definition) is 1. The molecule has 0 unspecified atom stereocenters. The summed E-state index contributed by atoms with van der Waals surface area (Å²) < 4.78 is 0. The molecule has 3 rings (SSSR count).